The quantitative estimate of drug-likeness (QED) is 0.830. The molecule has 0 spiro atoms. The molecule has 0 aromatic carbocycles. The van der Waals surface area contributed by atoms with Crippen molar-refractivity contribution in [2.24, 2.45) is 11.7 Å². The van der Waals surface area contributed by atoms with E-state index in [2.05, 4.69) is 9.88 Å². The predicted molar refractivity (Wildman–Crippen MR) is 81.9 cm³/mol. The number of nitrogens with zero attached hydrogens (tertiary/aromatic N) is 2. The van der Waals surface area contributed by atoms with Crippen LogP contribution in [0.5, 0.6) is 0 Å². The smallest absolute Gasteiger partial charge is 0.239 e. The van der Waals surface area contributed by atoms with Gasteiger partial charge in [0.15, 0.2) is 0 Å². The molecular weight excluding hydrogens is 264 g/mol. The molecule has 1 saturated carbocycles. The minimum absolute atomic E-state index is 0.218. The molecule has 0 aliphatic heterocycles. The first-order valence-electron chi connectivity index (χ1n) is 8.18. The average Bonchev–Trinajstić information content (AvgIpc) is 3.25. The zero-order valence-corrected chi connectivity index (χ0v) is 13.1. The molecule has 1 heterocycles. The molecule has 3 N–H and O–H groups in total. The predicted octanol–water partition coefficient (Wildman–Crippen LogP) is 1.31. The lowest BCUT2D eigenvalue weighted by molar-refractivity contribution is -0.126. The molecule has 1 fully saturated rings. The number of hydrogen-bond donors (Lipinski definition) is 2. The fourth-order valence-corrected chi connectivity index (χ4v) is 3.78. The Balaban J connectivity index is 1.96. The van der Waals surface area contributed by atoms with Gasteiger partial charge in [-0.15, -0.1) is 0 Å². The third-order valence-electron chi connectivity index (χ3n) is 5.04. The Bertz CT molecular complexity index is 547. The Morgan fingerprint density at radius 2 is 2.14 bits per heavy atom. The topological polar surface area (TPSA) is 72.9 Å². The minimum atomic E-state index is -0.606. The molecule has 0 radical (unpaired) electrons. The van der Waals surface area contributed by atoms with Crippen LogP contribution in [0.4, 0.5) is 0 Å². The second kappa shape index (κ2) is 5.44. The summed E-state index contributed by atoms with van der Waals surface area (Å²) in [5.41, 5.74) is 7.75. The number of fused-ring (bicyclic) bond motifs is 1. The van der Waals surface area contributed by atoms with E-state index in [-0.39, 0.29) is 5.91 Å². The van der Waals surface area contributed by atoms with E-state index < -0.39 is 5.54 Å². The minimum Gasteiger partial charge on any atom is -0.368 e. The molecule has 2 aliphatic carbocycles. The molecule has 1 aromatic heterocycles. The van der Waals surface area contributed by atoms with Crippen molar-refractivity contribution < 1.29 is 4.79 Å². The maximum absolute atomic E-state index is 12.2. The summed E-state index contributed by atoms with van der Waals surface area (Å²) in [5.74, 6) is 1.17. The standard InChI is InChI=1S/C16H26N4O/c1-3-18-16(15(17)21,12-8-9-12)10-20-11(2)19-13-6-4-5-7-14(13)20/h12,18H,3-10H2,1-2H3,(H2,17,21). The number of amides is 1. The molecule has 3 rings (SSSR count). The van der Waals surface area contributed by atoms with E-state index in [1.54, 1.807) is 0 Å². The van der Waals surface area contributed by atoms with Gasteiger partial charge in [0, 0.05) is 5.69 Å². The molecule has 1 amide bonds. The molecule has 0 saturated heterocycles. The first kappa shape index (κ1) is 14.6. The summed E-state index contributed by atoms with van der Waals surface area (Å²) in [5, 5.41) is 3.41. The second-order valence-corrected chi connectivity index (χ2v) is 6.49. The van der Waals surface area contributed by atoms with Gasteiger partial charge >= 0.3 is 0 Å². The van der Waals surface area contributed by atoms with Gasteiger partial charge in [-0.25, -0.2) is 4.98 Å². The summed E-state index contributed by atoms with van der Waals surface area (Å²) in [6.45, 7) is 5.48. The molecule has 21 heavy (non-hydrogen) atoms. The SMILES string of the molecule is CCNC(Cn1c(C)nc2c1CCCC2)(C(N)=O)C1CC1. The van der Waals surface area contributed by atoms with Crippen LogP contribution in [-0.4, -0.2) is 27.5 Å². The van der Waals surface area contributed by atoms with Crippen molar-refractivity contribution in [1.82, 2.24) is 14.9 Å². The Hall–Kier alpha value is -1.36. The van der Waals surface area contributed by atoms with Crippen LogP contribution in [0.3, 0.4) is 0 Å². The van der Waals surface area contributed by atoms with Gasteiger partial charge in [0.25, 0.3) is 0 Å². The van der Waals surface area contributed by atoms with E-state index in [1.165, 1.54) is 24.2 Å². The van der Waals surface area contributed by atoms with Gasteiger partial charge in [-0.05, 0) is 57.9 Å². The van der Waals surface area contributed by atoms with Crippen LogP contribution in [0.2, 0.25) is 0 Å². The van der Waals surface area contributed by atoms with E-state index in [1.807, 2.05) is 13.8 Å². The molecule has 5 nitrogen and oxygen atoms in total. The molecule has 1 atom stereocenters. The maximum atomic E-state index is 12.2. The molecule has 1 aromatic rings. The van der Waals surface area contributed by atoms with E-state index in [0.717, 1.165) is 38.1 Å². The molecule has 116 valence electrons. The average molecular weight is 290 g/mol. The van der Waals surface area contributed by atoms with E-state index in [0.29, 0.717) is 12.5 Å². The van der Waals surface area contributed by atoms with Crippen molar-refractivity contribution in [2.75, 3.05) is 6.54 Å². The summed E-state index contributed by atoms with van der Waals surface area (Å²) >= 11 is 0. The van der Waals surface area contributed by atoms with Crippen LogP contribution in [0.15, 0.2) is 0 Å². The fraction of sp³-hybridized carbons (Fsp3) is 0.750. The number of hydrogen-bond acceptors (Lipinski definition) is 3. The van der Waals surface area contributed by atoms with Gasteiger partial charge in [0.1, 0.15) is 11.4 Å². The van der Waals surface area contributed by atoms with Crippen molar-refractivity contribution in [1.29, 1.82) is 0 Å². The van der Waals surface area contributed by atoms with Gasteiger partial charge in [-0.1, -0.05) is 6.92 Å². The highest BCUT2D eigenvalue weighted by Crippen LogP contribution is 2.41. The van der Waals surface area contributed by atoms with Crippen LogP contribution in [0, 0.1) is 12.8 Å². The summed E-state index contributed by atoms with van der Waals surface area (Å²) < 4.78 is 2.25. The fourth-order valence-electron chi connectivity index (χ4n) is 3.78. The number of nitrogens with two attached hydrogens (primary N) is 1. The molecule has 0 bridgehead atoms. The van der Waals surface area contributed by atoms with Crippen LogP contribution in [0.1, 0.15) is 49.8 Å². The van der Waals surface area contributed by atoms with Crippen molar-refractivity contribution in [3.63, 3.8) is 0 Å². The van der Waals surface area contributed by atoms with Crippen molar-refractivity contribution in [3.05, 3.63) is 17.2 Å². The third-order valence-corrected chi connectivity index (χ3v) is 5.04. The molecule has 2 aliphatic rings. The lowest BCUT2D eigenvalue weighted by atomic mass is 9.91. The van der Waals surface area contributed by atoms with Gasteiger partial charge in [-0.3, -0.25) is 4.79 Å². The number of aromatic nitrogens is 2. The highest BCUT2D eigenvalue weighted by Gasteiger charge is 2.50. The highest BCUT2D eigenvalue weighted by atomic mass is 16.1. The van der Waals surface area contributed by atoms with Gasteiger partial charge < -0.3 is 15.6 Å². The van der Waals surface area contributed by atoms with E-state index in [9.17, 15) is 4.79 Å². The number of carbonyl (C=O) groups is 1. The summed E-state index contributed by atoms with van der Waals surface area (Å²) in [6.07, 6.45) is 6.75. The van der Waals surface area contributed by atoms with E-state index in [4.69, 9.17) is 10.7 Å². The normalized spacial score (nSPS) is 20.9. The number of carbonyl (C=O) groups excluding carboxylic acids is 1. The number of likely N-dealkylation sites (N-methyl/N-ethyl adjacent to an activating group) is 1. The van der Waals surface area contributed by atoms with E-state index >= 15 is 0 Å². The Morgan fingerprint density at radius 1 is 1.43 bits per heavy atom. The van der Waals surface area contributed by atoms with Crippen molar-refractivity contribution in [3.8, 4) is 0 Å². The number of imidazole rings is 1. The largest absolute Gasteiger partial charge is 0.368 e. The van der Waals surface area contributed by atoms with Crippen LogP contribution in [0.25, 0.3) is 0 Å². The number of aryl methyl sites for hydroxylation is 2. The number of nitrogens with one attached hydrogen (secondary N) is 1. The lowest BCUT2D eigenvalue weighted by Gasteiger charge is -2.33. The molecule has 1 unspecified atom stereocenters. The van der Waals surface area contributed by atoms with Gasteiger partial charge in [-0.2, -0.15) is 0 Å². The van der Waals surface area contributed by atoms with Crippen LogP contribution in [-0.2, 0) is 24.2 Å². The van der Waals surface area contributed by atoms with Crippen LogP contribution < -0.4 is 11.1 Å². The number of primary amides is 1. The summed E-state index contributed by atoms with van der Waals surface area (Å²) in [7, 11) is 0. The summed E-state index contributed by atoms with van der Waals surface area (Å²) in [6, 6.07) is 0. The summed E-state index contributed by atoms with van der Waals surface area (Å²) in [4.78, 5) is 16.9. The monoisotopic (exact) mass is 290 g/mol. The second-order valence-electron chi connectivity index (χ2n) is 6.49. The third kappa shape index (κ3) is 2.48. The maximum Gasteiger partial charge on any atom is 0.239 e. The zero-order chi connectivity index (χ0) is 15.0. The zero-order valence-electron chi connectivity index (χ0n) is 13.1. The Labute approximate surface area is 126 Å². The lowest BCUT2D eigenvalue weighted by Crippen LogP contribution is -2.60. The van der Waals surface area contributed by atoms with Gasteiger partial charge in [0.2, 0.25) is 5.91 Å². The first-order valence-corrected chi connectivity index (χ1v) is 8.18. The van der Waals surface area contributed by atoms with Crippen molar-refractivity contribution in [2.45, 2.75) is 64.5 Å². The van der Waals surface area contributed by atoms with Gasteiger partial charge in [0.05, 0.1) is 12.2 Å². The first-order chi connectivity index (χ1) is 10.1. The Kier molecular flexibility index (Phi) is 3.78. The molecule has 5 heteroatoms. The highest BCUT2D eigenvalue weighted by molar-refractivity contribution is 5.85. The molecular formula is C16H26N4O. The Morgan fingerprint density at radius 3 is 2.76 bits per heavy atom. The van der Waals surface area contributed by atoms with Crippen LogP contribution >= 0.6 is 0 Å². The van der Waals surface area contributed by atoms with Crippen molar-refractivity contribution >= 4 is 5.91 Å². The number of rotatable bonds is 6.